The molecule has 0 saturated carbocycles. The molecular formula is C17H19N5O3. The second-order valence-corrected chi connectivity index (χ2v) is 5.54. The van der Waals surface area contributed by atoms with E-state index in [9.17, 15) is 9.90 Å². The van der Waals surface area contributed by atoms with Gasteiger partial charge in [0.1, 0.15) is 24.5 Å². The van der Waals surface area contributed by atoms with Crippen molar-refractivity contribution in [1.82, 2.24) is 25.4 Å². The predicted molar refractivity (Wildman–Crippen MR) is 90.0 cm³/mol. The molecule has 8 heteroatoms. The molecule has 0 radical (unpaired) electrons. The van der Waals surface area contributed by atoms with Gasteiger partial charge in [-0.15, -0.1) is 0 Å². The minimum atomic E-state index is -0.877. The highest BCUT2D eigenvalue weighted by atomic mass is 16.4. The highest BCUT2D eigenvalue weighted by molar-refractivity contribution is 5.74. The lowest BCUT2D eigenvalue weighted by Gasteiger charge is -2.16. The molecule has 2 atom stereocenters. The van der Waals surface area contributed by atoms with Crippen molar-refractivity contribution < 1.29 is 14.3 Å². The number of aromatic nitrogens is 3. The van der Waals surface area contributed by atoms with E-state index in [2.05, 4.69) is 20.7 Å². The summed E-state index contributed by atoms with van der Waals surface area (Å²) in [7, 11) is 0. The molecule has 0 aliphatic heterocycles. The number of carbonyl (C=O) groups is 1. The summed E-state index contributed by atoms with van der Waals surface area (Å²) in [4.78, 5) is 15.9. The van der Waals surface area contributed by atoms with Gasteiger partial charge in [0.2, 0.25) is 0 Å². The van der Waals surface area contributed by atoms with Crippen molar-refractivity contribution >= 4 is 6.03 Å². The van der Waals surface area contributed by atoms with Gasteiger partial charge in [-0.2, -0.15) is 5.10 Å². The van der Waals surface area contributed by atoms with Crippen LogP contribution in [0.5, 0.6) is 0 Å². The molecule has 0 aliphatic carbocycles. The van der Waals surface area contributed by atoms with Crippen molar-refractivity contribution in [3.05, 3.63) is 66.6 Å². The largest absolute Gasteiger partial charge is 0.467 e. The van der Waals surface area contributed by atoms with Crippen molar-refractivity contribution in [2.24, 2.45) is 0 Å². The van der Waals surface area contributed by atoms with Gasteiger partial charge in [0, 0.05) is 0 Å². The zero-order valence-electron chi connectivity index (χ0n) is 13.7. The van der Waals surface area contributed by atoms with E-state index in [1.165, 1.54) is 12.6 Å². The second kappa shape index (κ2) is 7.63. The van der Waals surface area contributed by atoms with Crippen molar-refractivity contribution in [2.45, 2.75) is 19.1 Å². The van der Waals surface area contributed by atoms with Gasteiger partial charge < -0.3 is 20.2 Å². The number of aliphatic hydroxyl groups is 1. The number of hydrogen-bond acceptors (Lipinski definition) is 5. The predicted octanol–water partition coefficient (Wildman–Crippen LogP) is 1.95. The molecule has 2 aromatic heterocycles. The number of aliphatic hydroxyl groups excluding tert-OH is 1. The Hall–Kier alpha value is -3.13. The molecule has 0 spiro atoms. The summed E-state index contributed by atoms with van der Waals surface area (Å²) in [5.41, 5.74) is 1.84. The molecule has 2 amide bonds. The van der Waals surface area contributed by atoms with Gasteiger partial charge in [-0.05, 0) is 36.8 Å². The standard InChI is InChI=1S/C17H19N5O3/c1-12(13-4-6-14(7-5-13)22-11-18-10-20-22)21-17(24)19-9-15(23)16-3-2-8-25-16/h2-8,10-12,15,23H,9H2,1H3,(H2,19,21,24). The van der Waals surface area contributed by atoms with Crippen LogP contribution in [0.2, 0.25) is 0 Å². The fourth-order valence-electron chi connectivity index (χ4n) is 2.36. The van der Waals surface area contributed by atoms with Gasteiger partial charge in [0.05, 0.1) is 24.5 Å². The Morgan fingerprint density at radius 1 is 1.32 bits per heavy atom. The topological polar surface area (TPSA) is 105 Å². The third-order valence-electron chi connectivity index (χ3n) is 3.75. The van der Waals surface area contributed by atoms with Crippen LogP contribution in [0.15, 0.2) is 59.7 Å². The first kappa shape index (κ1) is 16.7. The third kappa shape index (κ3) is 4.24. The number of urea groups is 1. The van der Waals surface area contributed by atoms with Crippen LogP contribution in [-0.2, 0) is 0 Å². The van der Waals surface area contributed by atoms with Crippen molar-refractivity contribution in [3.63, 3.8) is 0 Å². The molecule has 1 aromatic carbocycles. The van der Waals surface area contributed by atoms with Crippen molar-refractivity contribution in [3.8, 4) is 5.69 Å². The van der Waals surface area contributed by atoms with Gasteiger partial charge in [0.25, 0.3) is 0 Å². The number of nitrogens with zero attached hydrogens (tertiary/aromatic N) is 3. The number of amides is 2. The Kier molecular flexibility index (Phi) is 5.10. The van der Waals surface area contributed by atoms with E-state index in [1.54, 1.807) is 23.1 Å². The summed E-state index contributed by atoms with van der Waals surface area (Å²) in [6, 6.07) is 10.4. The normalized spacial score (nSPS) is 13.2. The lowest BCUT2D eigenvalue weighted by Crippen LogP contribution is -2.39. The Bertz CT molecular complexity index is 784. The molecule has 2 heterocycles. The van der Waals surface area contributed by atoms with E-state index >= 15 is 0 Å². The average molecular weight is 341 g/mol. The molecule has 3 N–H and O–H groups in total. The van der Waals surface area contributed by atoms with Crippen LogP contribution >= 0.6 is 0 Å². The van der Waals surface area contributed by atoms with Crippen LogP contribution in [0.4, 0.5) is 4.79 Å². The molecular weight excluding hydrogens is 322 g/mol. The molecule has 0 bridgehead atoms. The highest BCUT2D eigenvalue weighted by Crippen LogP contribution is 2.15. The summed E-state index contributed by atoms with van der Waals surface area (Å²) < 4.78 is 6.74. The fourth-order valence-corrected chi connectivity index (χ4v) is 2.36. The van der Waals surface area contributed by atoms with E-state index in [-0.39, 0.29) is 18.6 Å². The molecule has 0 aliphatic rings. The van der Waals surface area contributed by atoms with Crippen molar-refractivity contribution in [2.75, 3.05) is 6.54 Å². The van der Waals surface area contributed by atoms with Crippen LogP contribution in [0.25, 0.3) is 5.69 Å². The Balaban J connectivity index is 1.51. The third-order valence-corrected chi connectivity index (χ3v) is 3.75. The Morgan fingerprint density at radius 2 is 2.12 bits per heavy atom. The van der Waals surface area contributed by atoms with Gasteiger partial charge in [0.15, 0.2) is 0 Å². The van der Waals surface area contributed by atoms with E-state index in [0.29, 0.717) is 5.76 Å². The second-order valence-electron chi connectivity index (χ2n) is 5.54. The zero-order chi connectivity index (χ0) is 17.6. The smallest absolute Gasteiger partial charge is 0.315 e. The summed E-state index contributed by atoms with van der Waals surface area (Å²) in [6.07, 6.45) is 3.69. The zero-order valence-corrected chi connectivity index (χ0v) is 13.7. The monoisotopic (exact) mass is 341 g/mol. The van der Waals surface area contributed by atoms with Crippen LogP contribution in [0.1, 0.15) is 30.4 Å². The maximum absolute atomic E-state index is 12.0. The van der Waals surface area contributed by atoms with Gasteiger partial charge in [-0.25, -0.2) is 14.5 Å². The summed E-state index contributed by atoms with van der Waals surface area (Å²) in [5, 5.41) is 19.4. The SMILES string of the molecule is CC(NC(=O)NCC(O)c1ccco1)c1ccc(-n2cncn2)cc1. The summed E-state index contributed by atoms with van der Waals surface area (Å²) in [5.74, 6) is 0.414. The Labute approximate surface area is 144 Å². The first-order chi connectivity index (χ1) is 12.1. The number of hydrogen-bond donors (Lipinski definition) is 3. The first-order valence-corrected chi connectivity index (χ1v) is 7.84. The van der Waals surface area contributed by atoms with Crippen LogP contribution in [0.3, 0.4) is 0 Å². The average Bonchev–Trinajstić information content (AvgIpc) is 3.33. The Morgan fingerprint density at radius 3 is 2.76 bits per heavy atom. The minimum Gasteiger partial charge on any atom is -0.467 e. The van der Waals surface area contributed by atoms with Crippen LogP contribution in [-0.4, -0.2) is 32.4 Å². The molecule has 0 saturated heterocycles. The minimum absolute atomic E-state index is 0.0668. The lowest BCUT2D eigenvalue weighted by molar-refractivity contribution is 0.147. The molecule has 8 nitrogen and oxygen atoms in total. The van der Waals surface area contributed by atoms with Crippen molar-refractivity contribution in [1.29, 1.82) is 0 Å². The number of nitrogens with one attached hydrogen (secondary N) is 2. The summed E-state index contributed by atoms with van der Waals surface area (Å²) in [6.45, 7) is 1.95. The maximum Gasteiger partial charge on any atom is 0.315 e. The first-order valence-electron chi connectivity index (χ1n) is 7.84. The highest BCUT2D eigenvalue weighted by Gasteiger charge is 2.14. The molecule has 25 heavy (non-hydrogen) atoms. The van der Waals surface area contributed by atoms with Gasteiger partial charge in [-0.3, -0.25) is 0 Å². The van der Waals surface area contributed by atoms with E-state index in [0.717, 1.165) is 11.3 Å². The maximum atomic E-state index is 12.0. The molecule has 3 rings (SSSR count). The van der Waals surface area contributed by atoms with E-state index in [1.807, 2.05) is 31.2 Å². The molecule has 0 fully saturated rings. The number of rotatable bonds is 6. The molecule has 130 valence electrons. The quantitative estimate of drug-likeness (QED) is 0.635. The van der Waals surface area contributed by atoms with Crippen LogP contribution in [0, 0.1) is 0 Å². The summed E-state index contributed by atoms with van der Waals surface area (Å²) >= 11 is 0. The molecule has 2 unspecified atom stereocenters. The fraction of sp³-hybridized carbons (Fsp3) is 0.235. The lowest BCUT2D eigenvalue weighted by atomic mass is 10.1. The number of carbonyl (C=O) groups excluding carboxylic acids is 1. The van der Waals surface area contributed by atoms with Gasteiger partial charge >= 0.3 is 6.03 Å². The number of furan rings is 1. The number of benzene rings is 1. The van der Waals surface area contributed by atoms with Gasteiger partial charge in [-0.1, -0.05) is 12.1 Å². The van der Waals surface area contributed by atoms with E-state index < -0.39 is 6.10 Å². The van der Waals surface area contributed by atoms with E-state index in [4.69, 9.17) is 4.42 Å². The van der Waals surface area contributed by atoms with Crippen LogP contribution < -0.4 is 10.6 Å². The molecule has 3 aromatic rings.